The second-order valence-electron chi connectivity index (χ2n) is 3.91. The normalized spacial score (nSPS) is 20.4. The lowest BCUT2D eigenvalue weighted by atomic mass is 10.1. The molecule has 0 bridgehead atoms. The Balaban J connectivity index is 2.38. The van der Waals surface area contributed by atoms with Gasteiger partial charge in [-0.1, -0.05) is 5.18 Å². The second-order valence-corrected chi connectivity index (χ2v) is 3.91. The van der Waals surface area contributed by atoms with E-state index >= 15 is 0 Å². The molecule has 6 nitrogen and oxygen atoms in total. The highest BCUT2D eigenvalue weighted by atomic mass is 16.5. The van der Waals surface area contributed by atoms with E-state index in [-0.39, 0.29) is 19.3 Å². The predicted octanol–water partition coefficient (Wildman–Crippen LogP) is 0.141. The standard InChI is InChI=1S/C10H18N2O4/c1-2-16-10(14)9(11-15)7-12-5-3-8(13)4-6-12/h8-9,13H,2-7H2,1H3. The molecule has 92 valence electrons. The third kappa shape index (κ3) is 3.86. The number of carbonyl (C=O) groups excluding carboxylic acids is 1. The van der Waals surface area contributed by atoms with Gasteiger partial charge >= 0.3 is 5.97 Å². The van der Waals surface area contributed by atoms with Crippen LogP contribution in [0.4, 0.5) is 0 Å². The van der Waals surface area contributed by atoms with E-state index in [1.807, 2.05) is 4.90 Å². The minimum absolute atomic E-state index is 0.254. The van der Waals surface area contributed by atoms with Gasteiger partial charge in [-0.2, -0.15) is 0 Å². The summed E-state index contributed by atoms with van der Waals surface area (Å²) in [5.74, 6) is -0.566. The first kappa shape index (κ1) is 13.1. The quantitative estimate of drug-likeness (QED) is 0.537. The van der Waals surface area contributed by atoms with Crippen LogP contribution in [0.2, 0.25) is 0 Å². The summed E-state index contributed by atoms with van der Waals surface area (Å²) in [5, 5.41) is 12.1. The summed E-state index contributed by atoms with van der Waals surface area (Å²) in [6, 6.07) is -0.949. The van der Waals surface area contributed by atoms with Crippen molar-refractivity contribution in [1.29, 1.82) is 0 Å². The van der Waals surface area contributed by atoms with Crippen LogP contribution in [0.1, 0.15) is 19.8 Å². The lowest BCUT2D eigenvalue weighted by Crippen LogP contribution is -2.42. The Morgan fingerprint density at radius 2 is 2.19 bits per heavy atom. The Bertz CT molecular complexity index is 239. The van der Waals surface area contributed by atoms with Crippen LogP contribution in [0.15, 0.2) is 5.18 Å². The molecule has 1 atom stereocenters. The molecule has 0 aliphatic carbocycles. The number of nitrogens with zero attached hydrogens (tertiary/aromatic N) is 2. The van der Waals surface area contributed by atoms with Crippen LogP contribution in [0.25, 0.3) is 0 Å². The molecule has 0 amide bonds. The van der Waals surface area contributed by atoms with Crippen molar-refractivity contribution in [2.24, 2.45) is 5.18 Å². The molecule has 1 fully saturated rings. The number of piperidine rings is 1. The Hall–Kier alpha value is -1.01. The number of aliphatic hydroxyl groups excluding tert-OH is 1. The van der Waals surface area contributed by atoms with Gasteiger partial charge in [-0.15, -0.1) is 4.91 Å². The minimum atomic E-state index is -0.949. The lowest BCUT2D eigenvalue weighted by molar-refractivity contribution is -0.145. The van der Waals surface area contributed by atoms with Crippen molar-refractivity contribution in [2.45, 2.75) is 31.9 Å². The molecule has 0 spiro atoms. The Morgan fingerprint density at radius 3 is 2.69 bits per heavy atom. The average molecular weight is 230 g/mol. The van der Waals surface area contributed by atoms with Gasteiger partial charge in [0.05, 0.1) is 12.7 Å². The van der Waals surface area contributed by atoms with Gasteiger partial charge in [-0.05, 0) is 19.8 Å². The molecule has 0 aromatic rings. The summed E-state index contributed by atoms with van der Waals surface area (Å²) in [5.41, 5.74) is 0. The van der Waals surface area contributed by atoms with Gasteiger partial charge in [0.15, 0.2) is 0 Å². The van der Waals surface area contributed by atoms with Crippen LogP contribution < -0.4 is 0 Å². The number of hydrogen-bond donors (Lipinski definition) is 1. The summed E-state index contributed by atoms with van der Waals surface area (Å²) in [7, 11) is 0. The lowest BCUT2D eigenvalue weighted by Gasteiger charge is -2.29. The van der Waals surface area contributed by atoms with E-state index in [1.165, 1.54) is 0 Å². The Labute approximate surface area is 94.5 Å². The predicted molar refractivity (Wildman–Crippen MR) is 57.9 cm³/mol. The Kier molecular flexibility index (Phi) is 5.34. The molecular weight excluding hydrogens is 212 g/mol. The van der Waals surface area contributed by atoms with Crippen molar-refractivity contribution in [3.05, 3.63) is 4.91 Å². The number of carbonyl (C=O) groups is 1. The largest absolute Gasteiger partial charge is 0.464 e. The number of aliphatic hydroxyl groups is 1. The first-order chi connectivity index (χ1) is 7.67. The fraction of sp³-hybridized carbons (Fsp3) is 0.900. The maximum absolute atomic E-state index is 11.3. The van der Waals surface area contributed by atoms with E-state index < -0.39 is 12.0 Å². The maximum Gasteiger partial charge on any atom is 0.335 e. The zero-order chi connectivity index (χ0) is 12.0. The first-order valence-electron chi connectivity index (χ1n) is 5.57. The van der Waals surface area contributed by atoms with Crippen molar-refractivity contribution < 1.29 is 14.6 Å². The topological polar surface area (TPSA) is 79.2 Å². The number of hydrogen-bond acceptors (Lipinski definition) is 6. The molecule has 1 aliphatic rings. The number of rotatable bonds is 5. The molecule has 16 heavy (non-hydrogen) atoms. The smallest absolute Gasteiger partial charge is 0.335 e. The molecule has 1 aliphatic heterocycles. The van der Waals surface area contributed by atoms with E-state index in [0.29, 0.717) is 25.9 Å². The highest BCUT2D eigenvalue weighted by Gasteiger charge is 2.26. The van der Waals surface area contributed by atoms with Crippen molar-refractivity contribution in [1.82, 2.24) is 4.90 Å². The Morgan fingerprint density at radius 1 is 1.56 bits per heavy atom. The van der Waals surface area contributed by atoms with Gasteiger partial charge in [-0.3, -0.25) is 0 Å². The summed E-state index contributed by atoms with van der Waals surface area (Å²) in [6.07, 6.45) is 1.09. The van der Waals surface area contributed by atoms with Gasteiger partial charge in [0.25, 0.3) is 0 Å². The van der Waals surface area contributed by atoms with Crippen LogP contribution >= 0.6 is 0 Å². The SMILES string of the molecule is CCOC(=O)C(CN1CCC(O)CC1)N=O. The van der Waals surface area contributed by atoms with E-state index in [0.717, 1.165) is 0 Å². The highest BCUT2D eigenvalue weighted by molar-refractivity contribution is 5.76. The van der Waals surface area contributed by atoms with Crippen molar-refractivity contribution in [2.75, 3.05) is 26.2 Å². The minimum Gasteiger partial charge on any atom is -0.464 e. The van der Waals surface area contributed by atoms with Crippen LogP contribution in [-0.4, -0.2) is 54.4 Å². The molecule has 0 saturated carbocycles. The zero-order valence-electron chi connectivity index (χ0n) is 9.46. The molecule has 0 aromatic carbocycles. The average Bonchev–Trinajstić information content (AvgIpc) is 2.28. The van der Waals surface area contributed by atoms with Gasteiger partial charge in [0, 0.05) is 19.6 Å². The third-order valence-electron chi connectivity index (χ3n) is 2.67. The van der Waals surface area contributed by atoms with Gasteiger partial charge < -0.3 is 14.7 Å². The molecule has 1 N–H and O–H groups in total. The van der Waals surface area contributed by atoms with E-state index in [9.17, 15) is 14.8 Å². The van der Waals surface area contributed by atoms with Gasteiger partial charge in [0.2, 0.25) is 6.04 Å². The maximum atomic E-state index is 11.3. The van der Waals surface area contributed by atoms with Crippen molar-refractivity contribution >= 4 is 5.97 Å². The third-order valence-corrected chi connectivity index (χ3v) is 2.67. The molecule has 1 heterocycles. The first-order valence-corrected chi connectivity index (χ1v) is 5.57. The van der Waals surface area contributed by atoms with Gasteiger partial charge in [0.1, 0.15) is 0 Å². The van der Waals surface area contributed by atoms with Crippen LogP contribution in [0, 0.1) is 4.91 Å². The monoisotopic (exact) mass is 230 g/mol. The molecule has 6 heteroatoms. The van der Waals surface area contributed by atoms with Crippen molar-refractivity contribution in [3.63, 3.8) is 0 Å². The van der Waals surface area contributed by atoms with Gasteiger partial charge in [-0.25, -0.2) is 4.79 Å². The number of ether oxygens (including phenoxy) is 1. The van der Waals surface area contributed by atoms with Crippen LogP contribution in [0.3, 0.4) is 0 Å². The number of esters is 1. The second kappa shape index (κ2) is 6.55. The zero-order valence-corrected chi connectivity index (χ0v) is 9.46. The summed E-state index contributed by atoms with van der Waals surface area (Å²) in [6.45, 7) is 3.61. The summed E-state index contributed by atoms with van der Waals surface area (Å²) >= 11 is 0. The highest BCUT2D eigenvalue weighted by Crippen LogP contribution is 2.11. The van der Waals surface area contributed by atoms with Crippen LogP contribution in [0.5, 0.6) is 0 Å². The molecular formula is C10H18N2O4. The van der Waals surface area contributed by atoms with Crippen molar-refractivity contribution in [3.8, 4) is 0 Å². The van der Waals surface area contributed by atoms with E-state index in [2.05, 4.69) is 5.18 Å². The molecule has 1 unspecified atom stereocenters. The molecule has 1 rings (SSSR count). The summed E-state index contributed by atoms with van der Waals surface area (Å²) in [4.78, 5) is 23.8. The fourth-order valence-corrected chi connectivity index (χ4v) is 1.74. The summed E-state index contributed by atoms with van der Waals surface area (Å²) < 4.78 is 4.75. The number of likely N-dealkylation sites (tertiary alicyclic amines) is 1. The van der Waals surface area contributed by atoms with E-state index in [4.69, 9.17) is 4.74 Å². The number of nitroso groups, excluding NO2 is 1. The van der Waals surface area contributed by atoms with Crippen LogP contribution in [-0.2, 0) is 9.53 Å². The van der Waals surface area contributed by atoms with E-state index in [1.54, 1.807) is 6.92 Å². The fourth-order valence-electron chi connectivity index (χ4n) is 1.74. The molecule has 1 saturated heterocycles. The molecule has 0 aromatic heterocycles. The molecule has 0 radical (unpaired) electrons.